The van der Waals surface area contributed by atoms with Gasteiger partial charge in [-0.3, -0.25) is 4.79 Å². The van der Waals surface area contributed by atoms with Crippen LogP contribution >= 0.6 is 23.1 Å². The van der Waals surface area contributed by atoms with Crippen molar-refractivity contribution in [3.8, 4) is 11.3 Å². The van der Waals surface area contributed by atoms with Gasteiger partial charge in [-0.15, -0.1) is 0 Å². The number of esters is 1. The van der Waals surface area contributed by atoms with Gasteiger partial charge in [-0.1, -0.05) is 60.4 Å². The predicted octanol–water partition coefficient (Wildman–Crippen LogP) is 4.98. The summed E-state index contributed by atoms with van der Waals surface area (Å²) < 4.78 is 5.23. The number of carbonyl (C=O) groups excluding carboxylic acids is 2. The summed E-state index contributed by atoms with van der Waals surface area (Å²) in [6, 6.07) is 11.7. The summed E-state index contributed by atoms with van der Waals surface area (Å²) in [6.45, 7) is 7.24. The van der Waals surface area contributed by atoms with Crippen molar-refractivity contribution in [2.75, 3.05) is 5.32 Å². The minimum absolute atomic E-state index is 0.190. The van der Waals surface area contributed by atoms with E-state index in [9.17, 15) is 9.59 Å². The Kier molecular flexibility index (Phi) is 7.75. The number of amides is 1. The van der Waals surface area contributed by atoms with Gasteiger partial charge in [0.25, 0.3) is 0 Å². The Morgan fingerprint density at radius 2 is 1.94 bits per heavy atom. The summed E-state index contributed by atoms with van der Waals surface area (Å²) in [7, 11) is 0. The second-order valence-electron chi connectivity index (χ2n) is 7.00. The van der Waals surface area contributed by atoms with Gasteiger partial charge in [0, 0.05) is 5.56 Å². The van der Waals surface area contributed by atoms with Crippen molar-refractivity contribution in [2.45, 2.75) is 50.5 Å². The molecule has 1 aromatic carbocycles. The lowest BCUT2D eigenvalue weighted by molar-refractivity contribution is -0.115. The van der Waals surface area contributed by atoms with Crippen LogP contribution in [0.25, 0.3) is 11.3 Å². The first-order valence-corrected chi connectivity index (χ1v) is 11.6. The minimum Gasteiger partial charge on any atom is -0.459 e. The van der Waals surface area contributed by atoms with Crippen LogP contribution in [0.2, 0.25) is 0 Å². The molecule has 0 spiro atoms. The lowest BCUT2D eigenvalue weighted by atomic mass is 10.1. The number of carbonyl (C=O) groups is 2. The molecule has 31 heavy (non-hydrogen) atoms. The third-order valence-electron chi connectivity index (χ3n) is 4.19. The van der Waals surface area contributed by atoms with Gasteiger partial charge in [0.15, 0.2) is 5.13 Å². The number of hydrogen-bond acceptors (Lipinski definition) is 8. The first kappa shape index (κ1) is 22.9. The van der Waals surface area contributed by atoms with E-state index in [1.165, 1.54) is 18.1 Å². The Labute approximate surface area is 189 Å². The summed E-state index contributed by atoms with van der Waals surface area (Å²) in [5, 5.41) is 3.55. The summed E-state index contributed by atoms with van der Waals surface area (Å²) in [6.07, 6.45) is 1.89. The van der Waals surface area contributed by atoms with Gasteiger partial charge >= 0.3 is 5.97 Å². The van der Waals surface area contributed by atoms with Crippen molar-refractivity contribution in [3.05, 3.63) is 53.3 Å². The molecule has 3 aromatic rings. The second kappa shape index (κ2) is 10.5. The molecule has 0 radical (unpaired) electrons. The largest absolute Gasteiger partial charge is 0.459 e. The average molecular weight is 457 g/mol. The van der Waals surface area contributed by atoms with Crippen molar-refractivity contribution in [3.63, 3.8) is 0 Å². The average Bonchev–Trinajstić information content (AvgIpc) is 3.12. The fourth-order valence-corrected chi connectivity index (χ4v) is 4.50. The van der Waals surface area contributed by atoms with Crippen LogP contribution in [0, 0.1) is 6.92 Å². The van der Waals surface area contributed by atoms with Crippen molar-refractivity contribution >= 4 is 40.1 Å². The molecule has 0 aliphatic heterocycles. The van der Waals surface area contributed by atoms with E-state index in [0.717, 1.165) is 22.6 Å². The van der Waals surface area contributed by atoms with Crippen molar-refractivity contribution in [2.24, 2.45) is 0 Å². The van der Waals surface area contributed by atoms with Crippen molar-refractivity contribution < 1.29 is 14.3 Å². The van der Waals surface area contributed by atoms with E-state index < -0.39 is 5.97 Å². The highest BCUT2D eigenvalue weighted by molar-refractivity contribution is 8.00. The molecule has 1 unspecified atom stereocenters. The van der Waals surface area contributed by atoms with E-state index in [0.29, 0.717) is 27.1 Å². The summed E-state index contributed by atoms with van der Waals surface area (Å²) >= 11 is 2.49. The van der Waals surface area contributed by atoms with Crippen LogP contribution < -0.4 is 5.32 Å². The highest BCUT2D eigenvalue weighted by Gasteiger charge is 2.23. The molecule has 3 rings (SSSR count). The Balaban J connectivity index is 1.70. The molecule has 0 fully saturated rings. The van der Waals surface area contributed by atoms with Crippen LogP contribution in [0.15, 0.2) is 47.8 Å². The van der Waals surface area contributed by atoms with Gasteiger partial charge in [0.05, 0.1) is 22.7 Å². The van der Waals surface area contributed by atoms with Crippen molar-refractivity contribution in [1.29, 1.82) is 0 Å². The molecular formula is C22H24N4O3S2. The maximum absolute atomic E-state index is 12.8. The number of thiazole rings is 1. The van der Waals surface area contributed by atoms with E-state index in [1.807, 2.05) is 43.3 Å². The number of ether oxygens (including phenoxy) is 1. The van der Waals surface area contributed by atoms with Crippen LogP contribution in [0.3, 0.4) is 0 Å². The van der Waals surface area contributed by atoms with Crippen LogP contribution in [-0.2, 0) is 9.53 Å². The molecule has 2 aromatic heterocycles. The summed E-state index contributed by atoms with van der Waals surface area (Å²) in [5.74, 6) is -0.619. The zero-order chi connectivity index (χ0) is 22.4. The van der Waals surface area contributed by atoms with E-state index >= 15 is 0 Å². The van der Waals surface area contributed by atoms with Gasteiger partial charge in [-0.25, -0.2) is 19.7 Å². The van der Waals surface area contributed by atoms with E-state index in [-0.39, 0.29) is 17.3 Å². The van der Waals surface area contributed by atoms with E-state index in [2.05, 4.69) is 20.3 Å². The SMILES string of the molecule is CCC(Sc1cc(-c2ccccc2)ncn1)C(=O)Nc1nc(C)c(C(=O)OC(C)C)s1. The van der Waals surface area contributed by atoms with Gasteiger partial charge in [-0.2, -0.15) is 0 Å². The molecule has 0 saturated carbocycles. The Hall–Kier alpha value is -2.78. The zero-order valence-electron chi connectivity index (χ0n) is 17.8. The standard InChI is InChI=1S/C22H24N4O3S2/c1-5-17(30-18-11-16(23-12-24-18)15-9-7-6-8-10-15)20(27)26-22-25-14(4)19(31-22)21(28)29-13(2)3/h6-13,17H,5H2,1-4H3,(H,25,26,27). The molecule has 1 atom stereocenters. The van der Waals surface area contributed by atoms with Crippen LogP contribution in [0.4, 0.5) is 5.13 Å². The highest BCUT2D eigenvalue weighted by Crippen LogP contribution is 2.29. The number of aromatic nitrogens is 3. The maximum Gasteiger partial charge on any atom is 0.350 e. The molecule has 2 heterocycles. The van der Waals surface area contributed by atoms with Crippen molar-refractivity contribution in [1.82, 2.24) is 15.0 Å². The second-order valence-corrected chi connectivity index (χ2v) is 9.22. The zero-order valence-corrected chi connectivity index (χ0v) is 19.4. The van der Waals surface area contributed by atoms with Crippen LogP contribution in [0.5, 0.6) is 0 Å². The smallest absolute Gasteiger partial charge is 0.350 e. The lowest BCUT2D eigenvalue weighted by Gasteiger charge is -2.13. The molecule has 0 saturated heterocycles. The minimum atomic E-state index is -0.429. The number of anilines is 1. The number of hydrogen-bond donors (Lipinski definition) is 1. The first-order chi connectivity index (χ1) is 14.9. The van der Waals surface area contributed by atoms with Gasteiger partial charge in [0.1, 0.15) is 16.2 Å². The highest BCUT2D eigenvalue weighted by atomic mass is 32.2. The fourth-order valence-electron chi connectivity index (χ4n) is 2.73. The van der Waals surface area contributed by atoms with Crippen LogP contribution in [0.1, 0.15) is 42.6 Å². The summed E-state index contributed by atoms with van der Waals surface area (Å²) in [4.78, 5) is 38.4. The van der Waals surface area contributed by atoms with Gasteiger partial charge in [-0.05, 0) is 33.3 Å². The number of thioether (sulfide) groups is 1. The van der Waals surface area contributed by atoms with Gasteiger partial charge < -0.3 is 10.1 Å². The first-order valence-electron chi connectivity index (χ1n) is 9.90. The molecule has 1 N–H and O–H groups in total. The Morgan fingerprint density at radius 1 is 1.19 bits per heavy atom. The third kappa shape index (κ3) is 6.11. The fraction of sp³-hybridized carbons (Fsp3) is 0.318. The number of aryl methyl sites for hydroxylation is 1. The molecule has 9 heteroatoms. The number of nitrogens with zero attached hydrogens (tertiary/aromatic N) is 3. The summed E-state index contributed by atoms with van der Waals surface area (Å²) in [5.41, 5.74) is 2.33. The van der Waals surface area contributed by atoms with E-state index in [4.69, 9.17) is 4.74 Å². The van der Waals surface area contributed by atoms with Crippen LogP contribution in [-0.4, -0.2) is 38.2 Å². The van der Waals surface area contributed by atoms with Gasteiger partial charge in [0.2, 0.25) is 5.91 Å². The Bertz CT molecular complexity index is 1050. The molecular weight excluding hydrogens is 432 g/mol. The molecule has 7 nitrogen and oxygen atoms in total. The normalized spacial score (nSPS) is 11.9. The third-order valence-corrected chi connectivity index (χ3v) is 6.54. The number of rotatable bonds is 8. The molecule has 1 amide bonds. The molecule has 162 valence electrons. The quantitative estimate of drug-likeness (QED) is 0.290. The van der Waals surface area contributed by atoms with E-state index in [1.54, 1.807) is 20.8 Å². The number of nitrogens with one attached hydrogen (secondary N) is 1. The maximum atomic E-state index is 12.8. The molecule has 0 bridgehead atoms. The molecule has 0 aliphatic carbocycles. The molecule has 0 aliphatic rings. The topological polar surface area (TPSA) is 94.1 Å². The number of benzene rings is 1. The predicted molar refractivity (Wildman–Crippen MR) is 123 cm³/mol. The monoisotopic (exact) mass is 456 g/mol. The Morgan fingerprint density at radius 3 is 2.61 bits per heavy atom. The lowest BCUT2D eigenvalue weighted by Crippen LogP contribution is -2.24.